The largest absolute Gasteiger partial charge is 0.444 e. The average molecular weight is 415 g/mol. The van der Waals surface area contributed by atoms with Gasteiger partial charge in [-0.2, -0.15) is 13.2 Å². The number of hydrogen-bond acceptors (Lipinski definition) is 3. The maximum atomic E-state index is 13.4. The minimum atomic E-state index is -4.36. The molecule has 7 heteroatoms. The maximum Gasteiger partial charge on any atom is 0.416 e. The van der Waals surface area contributed by atoms with Crippen LogP contribution in [0.1, 0.15) is 58.6 Å². The van der Waals surface area contributed by atoms with Crippen LogP contribution in [0, 0.1) is 5.92 Å². The Morgan fingerprint density at radius 3 is 2.28 bits per heavy atom. The van der Waals surface area contributed by atoms with E-state index in [-0.39, 0.29) is 18.7 Å². The molecule has 0 radical (unpaired) electrons. The summed E-state index contributed by atoms with van der Waals surface area (Å²) < 4.78 is 45.6. The molecule has 0 spiro atoms. The molecule has 1 aromatic rings. The van der Waals surface area contributed by atoms with Crippen molar-refractivity contribution in [1.29, 1.82) is 0 Å². The Balaban J connectivity index is 2.08. The molecule has 1 aromatic carbocycles. The van der Waals surface area contributed by atoms with E-state index in [0.717, 1.165) is 18.9 Å². The van der Waals surface area contributed by atoms with Crippen LogP contribution in [0.4, 0.5) is 18.0 Å². The van der Waals surface area contributed by atoms with Gasteiger partial charge in [-0.25, -0.2) is 4.79 Å². The highest BCUT2D eigenvalue weighted by Crippen LogP contribution is 2.33. The third kappa shape index (κ3) is 7.21. The van der Waals surface area contributed by atoms with E-state index in [4.69, 9.17) is 4.74 Å². The first-order valence-corrected chi connectivity index (χ1v) is 10.2. The predicted molar refractivity (Wildman–Crippen MR) is 108 cm³/mol. The van der Waals surface area contributed by atoms with Gasteiger partial charge >= 0.3 is 12.3 Å². The quantitative estimate of drug-likeness (QED) is 0.632. The molecule has 29 heavy (non-hydrogen) atoms. The first kappa shape index (κ1) is 23.5. The van der Waals surface area contributed by atoms with Crippen molar-refractivity contribution in [3.63, 3.8) is 0 Å². The molecule has 1 heterocycles. The molecule has 0 atom stereocenters. The van der Waals surface area contributed by atoms with Crippen LogP contribution in [0.25, 0.3) is 0 Å². The van der Waals surface area contributed by atoms with Crippen molar-refractivity contribution in [2.24, 2.45) is 5.92 Å². The van der Waals surface area contributed by atoms with E-state index in [1.165, 1.54) is 6.07 Å². The molecule has 1 fully saturated rings. The molecular weight excluding hydrogens is 381 g/mol. The van der Waals surface area contributed by atoms with Crippen LogP contribution in [-0.4, -0.2) is 47.2 Å². The first-order chi connectivity index (χ1) is 13.4. The van der Waals surface area contributed by atoms with Crippen LogP contribution in [0.3, 0.4) is 0 Å². The number of likely N-dealkylation sites (tertiary alicyclic amines) is 1. The number of nitrogens with zero attached hydrogens (tertiary/aromatic N) is 2. The van der Waals surface area contributed by atoms with Gasteiger partial charge < -0.3 is 9.64 Å². The molecule has 1 aliphatic rings. The van der Waals surface area contributed by atoms with Crippen molar-refractivity contribution in [3.8, 4) is 0 Å². The fourth-order valence-corrected chi connectivity index (χ4v) is 3.71. The summed E-state index contributed by atoms with van der Waals surface area (Å²) >= 11 is 0. The Bertz CT molecular complexity index is 675. The highest BCUT2D eigenvalue weighted by atomic mass is 19.4. The van der Waals surface area contributed by atoms with Gasteiger partial charge in [0.15, 0.2) is 0 Å². The number of hydrogen-bond donors (Lipinski definition) is 0. The normalized spacial score (nSPS) is 16.6. The van der Waals surface area contributed by atoms with Crippen LogP contribution in [0.5, 0.6) is 0 Å². The van der Waals surface area contributed by atoms with Gasteiger partial charge in [0.2, 0.25) is 0 Å². The van der Waals surface area contributed by atoms with E-state index < -0.39 is 17.3 Å². The summed E-state index contributed by atoms with van der Waals surface area (Å²) in [4.78, 5) is 16.1. The lowest BCUT2D eigenvalue weighted by atomic mass is 9.99. The Morgan fingerprint density at radius 1 is 1.17 bits per heavy atom. The van der Waals surface area contributed by atoms with Crippen molar-refractivity contribution < 1.29 is 22.7 Å². The highest BCUT2D eigenvalue weighted by Gasteiger charge is 2.35. The Hall–Kier alpha value is -1.76. The van der Waals surface area contributed by atoms with Crippen LogP contribution >= 0.6 is 0 Å². The molecule has 2 rings (SSSR count). The van der Waals surface area contributed by atoms with Gasteiger partial charge in [0.05, 0.1) is 5.56 Å². The molecule has 1 saturated heterocycles. The van der Waals surface area contributed by atoms with Crippen molar-refractivity contribution in [3.05, 3.63) is 35.4 Å². The summed E-state index contributed by atoms with van der Waals surface area (Å²) in [6.07, 6.45) is -3.24. The van der Waals surface area contributed by atoms with Gasteiger partial charge in [-0.3, -0.25) is 4.90 Å². The van der Waals surface area contributed by atoms with Crippen molar-refractivity contribution in [2.75, 3.05) is 19.6 Å². The highest BCUT2D eigenvalue weighted by molar-refractivity contribution is 5.68. The Kier molecular flexibility index (Phi) is 7.60. The molecule has 0 N–H and O–H groups in total. The molecule has 1 amide bonds. The number of benzene rings is 1. The topological polar surface area (TPSA) is 32.8 Å². The average Bonchev–Trinajstić information content (AvgIpc) is 2.59. The molecule has 164 valence electrons. The lowest BCUT2D eigenvalue weighted by Crippen LogP contribution is -2.48. The molecule has 4 nitrogen and oxygen atoms in total. The van der Waals surface area contributed by atoms with Gasteiger partial charge in [0, 0.05) is 32.2 Å². The van der Waals surface area contributed by atoms with Gasteiger partial charge in [0.25, 0.3) is 0 Å². The zero-order chi connectivity index (χ0) is 21.8. The van der Waals surface area contributed by atoms with E-state index in [2.05, 4.69) is 18.7 Å². The number of alkyl halides is 3. The summed E-state index contributed by atoms with van der Waals surface area (Å²) in [5.41, 5.74) is -0.811. The molecule has 1 aliphatic heterocycles. The summed E-state index contributed by atoms with van der Waals surface area (Å²) in [7, 11) is 0. The molecular formula is C22H33F3N2O2. The van der Waals surface area contributed by atoms with Crippen molar-refractivity contribution in [2.45, 2.75) is 71.8 Å². The predicted octanol–water partition coefficient (Wildman–Crippen LogP) is 5.56. The third-order valence-corrected chi connectivity index (χ3v) is 4.93. The Morgan fingerprint density at radius 2 is 1.76 bits per heavy atom. The smallest absolute Gasteiger partial charge is 0.416 e. The van der Waals surface area contributed by atoms with Crippen LogP contribution < -0.4 is 0 Å². The summed E-state index contributed by atoms with van der Waals surface area (Å²) in [5.74, 6) is 0.330. The SMILES string of the molecule is CC(C)CN(Cc1ccccc1C(F)(F)F)C1CCN(C(=O)OC(C)(C)C)CC1. The number of carbonyl (C=O) groups excluding carboxylic acids is 1. The fourth-order valence-electron chi connectivity index (χ4n) is 3.71. The minimum absolute atomic E-state index is 0.136. The first-order valence-electron chi connectivity index (χ1n) is 10.2. The monoisotopic (exact) mass is 414 g/mol. The minimum Gasteiger partial charge on any atom is -0.444 e. The van der Waals surface area contributed by atoms with E-state index in [9.17, 15) is 18.0 Å². The Labute approximate surface area is 172 Å². The van der Waals surface area contributed by atoms with Crippen LogP contribution in [0.15, 0.2) is 24.3 Å². The lowest BCUT2D eigenvalue weighted by Gasteiger charge is -2.40. The summed E-state index contributed by atoms with van der Waals surface area (Å²) in [6.45, 7) is 11.7. The van der Waals surface area contributed by atoms with Gasteiger partial charge in [-0.15, -0.1) is 0 Å². The molecule has 0 aliphatic carbocycles. The van der Waals surface area contributed by atoms with E-state index >= 15 is 0 Å². The summed E-state index contributed by atoms with van der Waals surface area (Å²) in [6, 6.07) is 5.93. The summed E-state index contributed by atoms with van der Waals surface area (Å²) in [5, 5.41) is 0. The zero-order valence-corrected chi connectivity index (χ0v) is 18.1. The number of carbonyl (C=O) groups is 1. The van der Waals surface area contributed by atoms with Crippen LogP contribution in [-0.2, 0) is 17.5 Å². The fraction of sp³-hybridized carbons (Fsp3) is 0.682. The van der Waals surface area contributed by atoms with Gasteiger partial charge in [0.1, 0.15) is 5.60 Å². The number of piperidine rings is 1. The van der Waals surface area contributed by atoms with Gasteiger partial charge in [-0.05, 0) is 51.2 Å². The number of amides is 1. The second-order valence-electron chi connectivity index (χ2n) is 9.18. The van der Waals surface area contributed by atoms with E-state index in [1.807, 2.05) is 20.8 Å². The molecule has 0 aromatic heterocycles. The lowest BCUT2D eigenvalue weighted by molar-refractivity contribution is -0.138. The van der Waals surface area contributed by atoms with E-state index in [0.29, 0.717) is 31.1 Å². The second-order valence-corrected chi connectivity index (χ2v) is 9.18. The number of rotatable bonds is 5. The standard InChI is InChI=1S/C22H33F3N2O2/c1-16(2)14-27(15-17-8-6-7-9-19(17)22(23,24)25)18-10-12-26(13-11-18)20(28)29-21(3,4)5/h6-9,16,18H,10-15H2,1-5H3. The second kappa shape index (κ2) is 9.37. The molecule has 0 bridgehead atoms. The number of halogens is 3. The zero-order valence-electron chi connectivity index (χ0n) is 18.1. The van der Waals surface area contributed by atoms with E-state index in [1.54, 1.807) is 17.0 Å². The third-order valence-electron chi connectivity index (χ3n) is 4.93. The molecule has 0 unspecified atom stereocenters. The van der Waals surface area contributed by atoms with Crippen molar-refractivity contribution in [1.82, 2.24) is 9.80 Å². The maximum absolute atomic E-state index is 13.4. The van der Waals surface area contributed by atoms with Crippen molar-refractivity contribution >= 4 is 6.09 Å². The van der Waals surface area contributed by atoms with Crippen LogP contribution in [0.2, 0.25) is 0 Å². The molecule has 0 saturated carbocycles. The van der Waals surface area contributed by atoms with Gasteiger partial charge in [-0.1, -0.05) is 32.0 Å². The number of ether oxygens (including phenoxy) is 1.